The highest BCUT2D eigenvalue weighted by Gasteiger charge is 2.26. The summed E-state index contributed by atoms with van der Waals surface area (Å²) in [6.07, 6.45) is 9.95. The molecule has 0 saturated heterocycles. The Hall–Kier alpha value is -2.22. The maximum Gasteiger partial charge on any atom is 0.162 e. The van der Waals surface area contributed by atoms with Crippen molar-refractivity contribution in [3.63, 3.8) is 0 Å². The van der Waals surface area contributed by atoms with E-state index in [4.69, 9.17) is 0 Å². The van der Waals surface area contributed by atoms with E-state index in [0.717, 1.165) is 36.8 Å². The molecule has 0 N–H and O–H groups in total. The quantitative estimate of drug-likeness (QED) is 0.441. The molecule has 28 heavy (non-hydrogen) atoms. The first kappa shape index (κ1) is 20.5. The molecule has 0 unspecified atom stereocenters. The summed E-state index contributed by atoms with van der Waals surface area (Å²) in [5, 5.41) is 0. The maximum absolute atomic E-state index is 14.7. The number of benzene rings is 2. The van der Waals surface area contributed by atoms with Crippen LogP contribution in [0.15, 0.2) is 54.4 Å². The largest absolute Gasteiger partial charge is 0.208 e. The van der Waals surface area contributed by atoms with Gasteiger partial charge in [-0.1, -0.05) is 86.0 Å². The fourth-order valence-electron chi connectivity index (χ4n) is 4.04. The Morgan fingerprint density at radius 3 is 1.93 bits per heavy atom. The smallest absolute Gasteiger partial charge is 0.162 e. The molecule has 148 valence electrons. The zero-order valence-corrected chi connectivity index (χ0v) is 16.9. The zero-order valence-electron chi connectivity index (χ0n) is 16.9. The molecule has 2 aromatic rings. The van der Waals surface area contributed by atoms with E-state index in [2.05, 4.69) is 38.1 Å². The van der Waals surface area contributed by atoms with Crippen molar-refractivity contribution in [2.24, 2.45) is 11.8 Å². The average Bonchev–Trinajstić information content (AvgIpc) is 2.73. The lowest BCUT2D eigenvalue weighted by Crippen LogP contribution is -2.15. The predicted molar refractivity (Wildman–Crippen MR) is 116 cm³/mol. The molecule has 1 fully saturated rings. The lowest BCUT2D eigenvalue weighted by atomic mass is 9.79. The summed E-state index contributed by atoms with van der Waals surface area (Å²) in [5.41, 5.74) is 3.65. The third-order valence-corrected chi connectivity index (χ3v) is 5.82. The number of rotatable bonds is 6. The van der Waals surface area contributed by atoms with E-state index >= 15 is 0 Å². The van der Waals surface area contributed by atoms with E-state index in [1.165, 1.54) is 18.4 Å². The third-order valence-electron chi connectivity index (χ3n) is 5.82. The number of hydrogen-bond donors (Lipinski definition) is 0. The molecule has 0 amide bonds. The van der Waals surface area contributed by atoms with Crippen LogP contribution in [-0.4, -0.2) is 0 Å². The Labute approximate surface area is 168 Å². The van der Waals surface area contributed by atoms with Crippen molar-refractivity contribution >= 4 is 18.0 Å². The van der Waals surface area contributed by atoms with Crippen molar-refractivity contribution in [1.29, 1.82) is 0 Å². The van der Waals surface area contributed by atoms with E-state index < -0.39 is 11.7 Å². The molecule has 2 heteroatoms. The molecule has 0 heterocycles. The van der Waals surface area contributed by atoms with E-state index in [9.17, 15) is 8.78 Å². The van der Waals surface area contributed by atoms with Crippen LogP contribution in [0.3, 0.4) is 0 Å². The number of hydrogen-bond acceptors (Lipinski definition) is 0. The van der Waals surface area contributed by atoms with Crippen molar-refractivity contribution < 1.29 is 8.78 Å². The van der Waals surface area contributed by atoms with Gasteiger partial charge in [-0.25, -0.2) is 8.78 Å². The van der Waals surface area contributed by atoms with Crippen molar-refractivity contribution in [3.05, 3.63) is 76.6 Å². The van der Waals surface area contributed by atoms with Crippen LogP contribution in [0.1, 0.15) is 67.7 Å². The van der Waals surface area contributed by atoms with Crippen molar-refractivity contribution in [3.8, 4) is 0 Å². The molecule has 1 saturated carbocycles. The highest BCUT2D eigenvalue weighted by atomic mass is 19.2. The zero-order chi connectivity index (χ0) is 19.9. The third kappa shape index (κ3) is 5.41. The minimum Gasteiger partial charge on any atom is -0.208 e. The fraction of sp³-hybridized carbons (Fsp3) is 0.385. The minimum atomic E-state index is -0.687. The molecular weight excluding hydrogens is 350 g/mol. The Morgan fingerprint density at radius 1 is 0.857 bits per heavy atom. The van der Waals surface area contributed by atoms with Gasteiger partial charge in [-0.15, -0.1) is 0 Å². The SMILES string of the molecule is CCCC1CCC(C(F)=C(F)c2ccc(C=Cc3ccc(C)cc3)cc2)CC1. The van der Waals surface area contributed by atoms with E-state index in [1.807, 2.05) is 24.3 Å². The van der Waals surface area contributed by atoms with Gasteiger partial charge < -0.3 is 0 Å². The monoisotopic (exact) mass is 380 g/mol. The van der Waals surface area contributed by atoms with Crippen LogP contribution in [0.4, 0.5) is 8.78 Å². The minimum absolute atomic E-state index is 0.255. The van der Waals surface area contributed by atoms with Gasteiger partial charge in [0.1, 0.15) is 5.83 Å². The van der Waals surface area contributed by atoms with Gasteiger partial charge in [-0.3, -0.25) is 0 Å². The van der Waals surface area contributed by atoms with Crippen LogP contribution in [0.2, 0.25) is 0 Å². The summed E-state index contributed by atoms with van der Waals surface area (Å²) in [6.45, 7) is 4.25. The van der Waals surface area contributed by atoms with Crippen molar-refractivity contribution in [2.45, 2.75) is 52.4 Å². The molecule has 0 spiro atoms. The molecule has 1 aliphatic rings. The van der Waals surface area contributed by atoms with Crippen LogP contribution >= 0.6 is 0 Å². The Kier molecular flexibility index (Phi) is 7.19. The van der Waals surface area contributed by atoms with Crippen LogP contribution < -0.4 is 0 Å². The van der Waals surface area contributed by atoms with Gasteiger partial charge in [-0.05, 0) is 49.7 Å². The fourth-order valence-corrected chi connectivity index (χ4v) is 4.04. The molecule has 1 aliphatic carbocycles. The molecular formula is C26H30F2. The Morgan fingerprint density at radius 2 is 1.39 bits per heavy atom. The predicted octanol–water partition coefficient (Wildman–Crippen LogP) is 8.38. The molecule has 3 rings (SSSR count). The van der Waals surface area contributed by atoms with Crippen molar-refractivity contribution in [2.75, 3.05) is 0 Å². The second kappa shape index (κ2) is 9.82. The van der Waals surface area contributed by atoms with Crippen LogP contribution in [0.5, 0.6) is 0 Å². The summed E-state index contributed by atoms with van der Waals surface area (Å²) in [4.78, 5) is 0. The summed E-state index contributed by atoms with van der Waals surface area (Å²) >= 11 is 0. The van der Waals surface area contributed by atoms with Gasteiger partial charge in [0.25, 0.3) is 0 Å². The van der Waals surface area contributed by atoms with Crippen LogP contribution in [-0.2, 0) is 0 Å². The standard InChI is InChI=1S/C26H30F2/c1-3-4-20-11-15-23(16-12-20)25(27)26(28)24-17-13-22(14-18-24)10-9-21-7-5-19(2)6-8-21/h5-10,13-14,17-18,20,23H,3-4,11-12,15-16H2,1-2H3. The summed E-state index contributed by atoms with van der Waals surface area (Å²) in [5.74, 6) is -0.808. The van der Waals surface area contributed by atoms with E-state index in [0.29, 0.717) is 11.5 Å². The molecule has 0 bridgehead atoms. The van der Waals surface area contributed by atoms with Crippen LogP contribution in [0.25, 0.3) is 18.0 Å². The van der Waals surface area contributed by atoms with Gasteiger partial charge >= 0.3 is 0 Å². The molecule has 2 aromatic carbocycles. The normalized spacial score (nSPS) is 21.0. The number of halogens is 2. The highest BCUT2D eigenvalue weighted by Crippen LogP contribution is 2.39. The summed E-state index contributed by atoms with van der Waals surface area (Å²) in [6, 6.07) is 15.3. The number of aryl methyl sites for hydroxylation is 1. The molecule has 0 nitrogen and oxygen atoms in total. The first-order valence-corrected chi connectivity index (χ1v) is 10.5. The second-order valence-corrected chi connectivity index (χ2v) is 8.03. The highest BCUT2D eigenvalue weighted by molar-refractivity contribution is 5.71. The van der Waals surface area contributed by atoms with E-state index in [-0.39, 0.29) is 5.92 Å². The first-order valence-electron chi connectivity index (χ1n) is 10.5. The maximum atomic E-state index is 14.7. The van der Waals surface area contributed by atoms with Gasteiger partial charge in [0.2, 0.25) is 0 Å². The number of allylic oxidation sites excluding steroid dienone is 1. The van der Waals surface area contributed by atoms with E-state index in [1.54, 1.807) is 12.1 Å². The molecule has 0 radical (unpaired) electrons. The van der Waals surface area contributed by atoms with Gasteiger partial charge in [0.15, 0.2) is 5.83 Å². The molecule has 0 atom stereocenters. The molecule has 0 aliphatic heterocycles. The topological polar surface area (TPSA) is 0 Å². The van der Waals surface area contributed by atoms with Gasteiger partial charge in [0.05, 0.1) is 0 Å². The Bertz CT molecular complexity index is 805. The summed E-state index contributed by atoms with van der Waals surface area (Å²) < 4.78 is 29.3. The summed E-state index contributed by atoms with van der Waals surface area (Å²) in [7, 11) is 0. The lowest BCUT2D eigenvalue weighted by molar-refractivity contribution is 0.261. The van der Waals surface area contributed by atoms with Crippen LogP contribution in [0, 0.1) is 18.8 Å². The molecule has 0 aromatic heterocycles. The first-order chi connectivity index (χ1) is 13.6. The Balaban J connectivity index is 1.65. The lowest BCUT2D eigenvalue weighted by Gasteiger charge is -2.27. The van der Waals surface area contributed by atoms with Crippen molar-refractivity contribution in [1.82, 2.24) is 0 Å². The second-order valence-electron chi connectivity index (χ2n) is 8.03. The average molecular weight is 381 g/mol. The van der Waals surface area contributed by atoms with Gasteiger partial charge in [0, 0.05) is 11.5 Å². The van der Waals surface area contributed by atoms with Gasteiger partial charge in [-0.2, -0.15) is 0 Å².